The van der Waals surface area contributed by atoms with Crippen LogP contribution >= 0.6 is 0 Å². The highest BCUT2D eigenvalue weighted by Gasteiger charge is 2.28. The van der Waals surface area contributed by atoms with Crippen molar-refractivity contribution < 1.29 is 19.0 Å². The summed E-state index contributed by atoms with van der Waals surface area (Å²) in [7, 11) is 5.11. The Bertz CT molecular complexity index is 908. The average Bonchev–Trinajstić information content (AvgIpc) is 3.21. The number of nitrogens with zero attached hydrogens (tertiary/aromatic N) is 2. The van der Waals surface area contributed by atoms with Crippen molar-refractivity contribution in [3.05, 3.63) is 23.9 Å². The predicted molar refractivity (Wildman–Crippen MR) is 122 cm³/mol. The van der Waals surface area contributed by atoms with E-state index >= 15 is 0 Å². The number of aliphatic imine (C=N–C) groups is 1. The van der Waals surface area contributed by atoms with Crippen molar-refractivity contribution in [3.8, 4) is 11.5 Å². The molecule has 1 aliphatic heterocycles. The van der Waals surface area contributed by atoms with E-state index in [4.69, 9.17) is 14.2 Å². The summed E-state index contributed by atoms with van der Waals surface area (Å²) in [5.74, 6) is 2.23. The second kappa shape index (κ2) is 10.9. The minimum atomic E-state index is -0.103. The molecule has 1 fully saturated rings. The van der Waals surface area contributed by atoms with Crippen LogP contribution in [0.4, 0.5) is 0 Å². The molecule has 2 N–H and O–H groups in total. The number of hydrogen-bond acceptors (Lipinski definition) is 5. The minimum Gasteiger partial charge on any atom is -0.497 e. The maximum absolute atomic E-state index is 12.1. The number of H-pyrrole nitrogens is 1. The van der Waals surface area contributed by atoms with E-state index < -0.39 is 0 Å². The molecule has 8 heteroatoms. The number of rotatable bonds is 8. The topological polar surface area (TPSA) is 88.2 Å². The summed E-state index contributed by atoms with van der Waals surface area (Å²) in [6.45, 7) is 4.62. The molecule has 0 radical (unpaired) electrons. The quantitative estimate of drug-likeness (QED) is 0.290. The lowest BCUT2D eigenvalue weighted by Gasteiger charge is -2.33. The maximum Gasteiger partial charge on any atom is 0.310 e. The Hall–Kier alpha value is -2.90. The highest BCUT2D eigenvalue weighted by Crippen LogP contribution is 2.31. The Morgan fingerprint density at radius 3 is 2.84 bits per heavy atom. The number of carbonyl (C=O) groups excluding carboxylic acids is 1. The number of hydrogen-bond donors (Lipinski definition) is 2. The number of likely N-dealkylation sites (tertiary alicyclic amines) is 1. The molecule has 0 amide bonds. The van der Waals surface area contributed by atoms with Crippen LogP contribution in [0, 0.1) is 5.92 Å². The van der Waals surface area contributed by atoms with Crippen molar-refractivity contribution in [3.63, 3.8) is 0 Å². The van der Waals surface area contributed by atoms with Gasteiger partial charge in [0, 0.05) is 49.9 Å². The molecule has 3 rings (SSSR count). The highest BCUT2D eigenvalue weighted by atomic mass is 16.5. The van der Waals surface area contributed by atoms with Crippen molar-refractivity contribution in [1.29, 1.82) is 0 Å². The van der Waals surface area contributed by atoms with Gasteiger partial charge in [-0.2, -0.15) is 0 Å². The van der Waals surface area contributed by atoms with Gasteiger partial charge in [0.2, 0.25) is 0 Å². The minimum absolute atomic E-state index is 0.0782. The van der Waals surface area contributed by atoms with Gasteiger partial charge in [-0.15, -0.1) is 0 Å². The van der Waals surface area contributed by atoms with Crippen LogP contribution in [0.2, 0.25) is 0 Å². The molecule has 0 aliphatic carbocycles. The molecule has 0 saturated carbocycles. The number of piperidine rings is 1. The monoisotopic (exact) mass is 430 g/mol. The highest BCUT2D eigenvalue weighted by molar-refractivity contribution is 5.88. The molecule has 31 heavy (non-hydrogen) atoms. The van der Waals surface area contributed by atoms with Gasteiger partial charge in [0.05, 0.1) is 32.3 Å². The Kier molecular flexibility index (Phi) is 8.03. The van der Waals surface area contributed by atoms with E-state index in [0.717, 1.165) is 72.8 Å². The first-order chi connectivity index (χ1) is 15.1. The number of guanidine groups is 1. The molecule has 1 atom stereocenters. The lowest BCUT2D eigenvalue weighted by Crippen LogP contribution is -2.48. The van der Waals surface area contributed by atoms with E-state index in [2.05, 4.69) is 26.3 Å². The Labute approximate surface area is 183 Å². The molecule has 1 aliphatic rings. The van der Waals surface area contributed by atoms with Crippen LogP contribution in [0.15, 0.2) is 23.2 Å². The van der Waals surface area contributed by atoms with Crippen LogP contribution in [0.5, 0.6) is 11.5 Å². The number of aryl methyl sites for hydroxylation is 1. The van der Waals surface area contributed by atoms with Gasteiger partial charge in [-0.3, -0.25) is 9.79 Å². The van der Waals surface area contributed by atoms with Crippen LogP contribution in [-0.2, 0) is 16.0 Å². The van der Waals surface area contributed by atoms with E-state index in [1.807, 2.05) is 19.1 Å². The molecule has 170 valence electrons. The van der Waals surface area contributed by atoms with E-state index in [-0.39, 0.29) is 11.9 Å². The number of aromatic amines is 1. The van der Waals surface area contributed by atoms with E-state index in [1.54, 1.807) is 21.3 Å². The summed E-state index contributed by atoms with van der Waals surface area (Å²) in [5, 5.41) is 4.50. The summed E-state index contributed by atoms with van der Waals surface area (Å²) in [4.78, 5) is 22.1. The van der Waals surface area contributed by atoms with Gasteiger partial charge in [0.15, 0.2) is 5.96 Å². The number of benzene rings is 1. The first-order valence-corrected chi connectivity index (χ1v) is 10.9. The molecule has 0 unspecified atom stereocenters. The summed E-state index contributed by atoms with van der Waals surface area (Å²) >= 11 is 0. The van der Waals surface area contributed by atoms with Crippen LogP contribution < -0.4 is 14.8 Å². The summed E-state index contributed by atoms with van der Waals surface area (Å²) in [6, 6.07) is 6.02. The molecular weight excluding hydrogens is 396 g/mol. The predicted octanol–water partition coefficient (Wildman–Crippen LogP) is 2.97. The summed E-state index contributed by atoms with van der Waals surface area (Å²) in [5.41, 5.74) is 2.16. The van der Waals surface area contributed by atoms with Gasteiger partial charge in [-0.25, -0.2) is 0 Å². The lowest BCUT2D eigenvalue weighted by molar-refractivity contribution is -0.149. The smallest absolute Gasteiger partial charge is 0.310 e. The fourth-order valence-corrected chi connectivity index (χ4v) is 4.09. The zero-order valence-corrected chi connectivity index (χ0v) is 19.0. The molecule has 0 bridgehead atoms. The third-order valence-corrected chi connectivity index (χ3v) is 5.64. The number of carbonyl (C=O) groups is 1. The van der Waals surface area contributed by atoms with Crippen LogP contribution in [0.1, 0.15) is 31.9 Å². The lowest BCUT2D eigenvalue weighted by atomic mass is 9.98. The van der Waals surface area contributed by atoms with Crippen molar-refractivity contribution in [2.45, 2.75) is 32.6 Å². The zero-order valence-electron chi connectivity index (χ0n) is 19.0. The normalized spacial score (nSPS) is 17.0. The third-order valence-electron chi connectivity index (χ3n) is 5.64. The van der Waals surface area contributed by atoms with E-state index in [0.29, 0.717) is 13.2 Å². The summed E-state index contributed by atoms with van der Waals surface area (Å²) in [6.07, 6.45) is 3.68. The fraction of sp³-hybridized carbons (Fsp3) is 0.565. The fourth-order valence-electron chi connectivity index (χ4n) is 4.09. The Morgan fingerprint density at radius 2 is 2.13 bits per heavy atom. The van der Waals surface area contributed by atoms with E-state index in [1.165, 1.54) is 0 Å². The second-order valence-corrected chi connectivity index (χ2v) is 7.70. The average molecular weight is 431 g/mol. The number of methoxy groups -OCH3 is 2. The van der Waals surface area contributed by atoms with Gasteiger partial charge >= 0.3 is 5.97 Å². The Morgan fingerprint density at radius 1 is 1.29 bits per heavy atom. The van der Waals surface area contributed by atoms with Crippen molar-refractivity contribution >= 4 is 22.8 Å². The number of esters is 1. The molecule has 2 heterocycles. The van der Waals surface area contributed by atoms with Gasteiger partial charge in [0.25, 0.3) is 0 Å². The third kappa shape index (κ3) is 5.62. The number of aromatic nitrogens is 1. The molecular formula is C23H34N4O4. The molecule has 1 saturated heterocycles. The first-order valence-electron chi connectivity index (χ1n) is 10.9. The standard InChI is InChI=1S/C23H34N4O4/c1-5-31-22(28)16-8-7-11-27(15-16)23(24-2)25-10-6-9-17-12-19-20(26-17)13-18(29-3)14-21(19)30-4/h12-14,16,26H,5-11,15H2,1-4H3,(H,24,25)/t16-/m1/s1. The van der Waals surface area contributed by atoms with Gasteiger partial charge in [0.1, 0.15) is 11.5 Å². The molecule has 0 spiro atoms. The van der Waals surface area contributed by atoms with Gasteiger partial charge in [-0.05, 0) is 38.7 Å². The second-order valence-electron chi connectivity index (χ2n) is 7.70. The molecule has 8 nitrogen and oxygen atoms in total. The van der Waals surface area contributed by atoms with Crippen LogP contribution in [-0.4, -0.2) is 69.3 Å². The SMILES string of the molecule is CCOC(=O)[C@@H]1CCCN(C(=NC)NCCCc2cc3c(OC)cc(OC)cc3[nH]2)C1. The largest absolute Gasteiger partial charge is 0.497 e. The van der Waals surface area contributed by atoms with Crippen molar-refractivity contribution in [2.75, 3.05) is 47.5 Å². The molecule has 1 aromatic heterocycles. The molecule has 2 aromatic rings. The van der Waals surface area contributed by atoms with Crippen LogP contribution in [0.25, 0.3) is 10.9 Å². The van der Waals surface area contributed by atoms with Gasteiger partial charge < -0.3 is 29.4 Å². The van der Waals surface area contributed by atoms with Crippen molar-refractivity contribution in [1.82, 2.24) is 15.2 Å². The maximum atomic E-state index is 12.1. The first kappa shape index (κ1) is 22.8. The number of fused-ring (bicyclic) bond motifs is 1. The number of nitrogens with one attached hydrogen (secondary N) is 2. The molecule has 1 aromatic carbocycles. The zero-order chi connectivity index (χ0) is 22.2. The summed E-state index contributed by atoms with van der Waals surface area (Å²) < 4.78 is 16.0. The Balaban J connectivity index is 1.53. The van der Waals surface area contributed by atoms with E-state index in [9.17, 15) is 4.79 Å². The number of ether oxygens (including phenoxy) is 3. The van der Waals surface area contributed by atoms with Crippen molar-refractivity contribution in [2.24, 2.45) is 10.9 Å². The van der Waals surface area contributed by atoms with Crippen LogP contribution in [0.3, 0.4) is 0 Å². The van der Waals surface area contributed by atoms with Gasteiger partial charge in [-0.1, -0.05) is 0 Å².